The maximum Gasteiger partial charge on any atom is 0.330 e. The Kier molecular flexibility index (Phi) is 7.89. The van der Waals surface area contributed by atoms with Crippen molar-refractivity contribution in [3.05, 3.63) is 50.4 Å². The molecule has 2 rings (SSSR count). The molecule has 2 aromatic rings. The Morgan fingerprint density at radius 1 is 1.38 bits per heavy atom. The van der Waals surface area contributed by atoms with Crippen molar-refractivity contribution in [1.82, 2.24) is 9.55 Å². The van der Waals surface area contributed by atoms with E-state index in [1.54, 1.807) is 18.2 Å². The number of unbranched alkanes of at least 4 members (excludes halogenated alkanes) is 1. The summed E-state index contributed by atoms with van der Waals surface area (Å²) in [6.45, 7) is 6.42. The van der Waals surface area contributed by atoms with Crippen molar-refractivity contribution in [2.24, 2.45) is 5.92 Å². The van der Waals surface area contributed by atoms with Crippen LogP contribution in [-0.4, -0.2) is 27.8 Å². The molecule has 10 heteroatoms. The van der Waals surface area contributed by atoms with Gasteiger partial charge in [-0.15, -0.1) is 0 Å². The second kappa shape index (κ2) is 10.1. The second-order valence-corrected chi connectivity index (χ2v) is 8.05. The van der Waals surface area contributed by atoms with Crippen LogP contribution in [0, 0.1) is 11.1 Å². The molecule has 0 fully saturated rings. The summed E-state index contributed by atoms with van der Waals surface area (Å²) in [5.74, 6) is -0.313. The number of hydrogen-bond donors (Lipinski definition) is 2. The summed E-state index contributed by atoms with van der Waals surface area (Å²) in [6.07, 6.45) is 2.82. The van der Waals surface area contributed by atoms with Crippen LogP contribution in [0.5, 0.6) is 0 Å². The monoisotopic (exact) mass is 421 g/mol. The van der Waals surface area contributed by atoms with Gasteiger partial charge in [0.15, 0.2) is 11.9 Å². The molecule has 158 valence electrons. The molecular weight excluding hydrogens is 394 g/mol. The third-order valence-corrected chi connectivity index (χ3v) is 5.20. The molecule has 0 spiro atoms. The molecule has 0 radical (unpaired) electrons. The third-order valence-electron chi connectivity index (χ3n) is 4.20. The van der Waals surface area contributed by atoms with Gasteiger partial charge in [-0.2, -0.15) is 4.73 Å². The number of nitrogens with two attached hydrogens (primary N) is 1. The zero-order valence-corrected chi connectivity index (χ0v) is 17.7. The highest BCUT2D eigenvalue weighted by atomic mass is 32.2. The number of rotatable bonds is 9. The van der Waals surface area contributed by atoms with E-state index < -0.39 is 11.2 Å². The number of anilines is 2. The minimum Gasteiger partial charge on any atom is -0.618 e. The van der Waals surface area contributed by atoms with Crippen LogP contribution in [0.4, 0.5) is 11.5 Å². The maximum absolute atomic E-state index is 13.0. The van der Waals surface area contributed by atoms with Crippen molar-refractivity contribution in [2.45, 2.75) is 45.2 Å². The molecule has 0 aliphatic heterocycles. The molecule has 0 aliphatic rings. The fourth-order valence-corrected chi connectivity index (χ4v) is 3.59. The number of carbonyl (C=O) groups excluding carboxylic acids is 1. The van der Waals surface area contributed by atoms with Crippen LogP contribution < -0.4 is 26.6 Å². The van der Waals surface area contributed by atoms with E-state index in [1.807, 2.05) is 20.8 Å². The lowest BCUT2D eigenvalue weighted by Gasteiger charge is -2.24. The number of aromatic amines is 1. The zero-order valence-electron chi connectivity index (χ0n) is 16.9. The number of carbonyl (C=O) groups is 1. The molecule has 3 N–H and O–H groups in total. The van der Waals surface area contributed by atoms with Crippen LogP contribution >= 0.6 is 11.8 Å². The van der Waals surface area contributed by atoms with Gasteiger partial charge in [0, 0.05) is 25.2 Å². The smallest absolute Gasteiger partial charge is 0.330 e. The molecule has 2 heterocycles. The second-order valence-electron chi connectivity index (χ2n) is 7.05. The highest BCUT2D eigenvalue weighted by Gasteiger charge is 2.25. The van der Waals surface area contributed by atoms with Gasteiger partial charge in [0.05, 0.1) is 5.75 Å². The summed E-state index contributed by atoms with van der Waals surface area (Å²) in [5.41, 5.74) is 4.85. The van der Waals surface area contributed by atoms with Crippen LogP contribution in [0.2, 0.25) is 0 Å². The first kappa shape index (κ1) is 22.5. The number of pyridine rings is 1. The fourth-order valence-electron chi connectivity index (χ4n) is 2.80. The summed E-state index contributed by atoms with van der Waals surface area (Å²) in [7, 11) is 0. The lowest BCUT2D eigenvalue weighted by Crippen LogP contribution is -2.42. The van der Waals surface area contributed by atoms with E-state index in [1.165, 1.54) is 15.7 Å². The van der Waals surface area contributed by atoms with Crippen LogP contribution in [0.3, 0.4) is 0 Å². The van der Waals surface area contributed by atoms with Gasteiger partial charge in [-0.1, -0.05) is 27.2 Å². The average Bonchev–Trinajstić information content (AvgIpc) is 2.66. The predicted octanol–water partition coefficient (Wildman–Crippen LogP) is 1.33. The summed E-state index contributed by atoms with van der Waals surface area (Å²) in [6, 6.07) is 4.93. The quantitative estimate of drug-likeness (QED) is 0.357. The number of H-pyrrole nitrogens is 1. The fraction of sp³-hybridized carbons (Fsp3) is 0.474. The van der Waals surface area contributed by atoms with Crippen LogP contribution in [0.1, 0.15) is 33.6 Å². The molecule has 0 aromatic carbocycles. The summed E-state index contributed by atoms with van der Waals surface area (Å²) in [4.78, 5) is 41.3. The van der Waals surface area contributed by atoms with E-state index in [0.717, 1.165) is 18.2 Å². The molecule has 0 saturated heterocycles. The first-order chi connectivity index (χ1) is 13.8. The number of amides is 1. The maximum atomic E-state index is 13.0. The van der Waals surface area contributed by atoms with Gasteiger partial charge in [-0.05, 0) is 30.2 Å². The lowest BCUT2D eigenvalue weighted by atomic mass is 10.2. The van der Waals surface area contributed by atoms with E-state index in [2.05, 4.69) is 4.98 Å². The van der Waals surface area contributed by atoms with Gasteiger partial charge in [0.25, 0.3) is 10.6 Å². The Morgan fingerprint density at radius 3 is 2.72 bits per heavy atom. The minimum atomic E-state index is -0.694. The zero-order chi connectivity index (χ0) is 21.6. The molecule has 0 atom stereocenters. The Labute approximate surface area is 173 Å². The normalized spacial score (nSPS) is 11.0. The molecule has 29 heavy (non-hydrogen) atoms. The van der Waals surface area contributed by atoms with Crippen LogP contribution in [-0.2, 0) is 11.3 Å². The summed E-state index contributed by atoms with van der Waals surface area (Å²) < 4.78 is 1.96. The number of thioether (sulfide) groups is 1. The topological polar surface area (TPSA) is 128 Å². The van der Waals surface area contributed by atoms with E-state index >= 15 is 0 Å². The van der Waals surface area contributed by atoms with Gasteiger partial charge in [-0.25, -0.2) is 4.79 Å². The highest BCUT2D eigenvalue weighted by molar-refractivity contribution is 7.99. The standard InChI is InChI=1S/C19H27N5O4S/c1-4-5-9-22(14(25)12-29-15-8-6-7-10-24(15)28)16-17(20)23(11-13(2)3)19(27)21-18(16)26/h6-8,10,13H,4-5,9,11-12,20H2,1-3H3,(H,21,26,27). The Balaban J connectivity index is 2.38. The molecule has 1 amide bonds. The first-order valence-corrected chi connectivity index (χ1v) is 10.5. The number of nitrogens with zero attached hydrogens (tertiary/aromatic N) is 3. The SMILES string of the molecule is CCCCN(C(=O)CSc1cccc[n+]1[O-])c1c(N)n(CC(C)C)c(=O)[nH]c1=O. The number of nitrogen functional groups attached to an aromatic ring is 1. The van der Waals surface area contributed by atoms with Crippen molar-refractivity contribution >= 4 is 29.2 Å². The summed E-state index contributed by atoms with van der Waals surface area (Å²) >= 11 is 1.08. The molecular formula is C19H27N5O4S. The average molecular weight is 422 g/mol. The van der Waals surface area contributed by atoms with Gasteiger partial charge in [-0.3, -0.25) is 19.1 Å². The number of hydrogen-bond acceptors (Lipinski definition) is 6. The van der Waals surface area contributed by atoms with Crippen LogP contribution in [0.25, 0.3) is 0 Å². The Morgan fingerprint density at radius 2 is 2.10 bits per heavy atom. The van der Waals surface area contributed by atoms with Crippen molar-refractivity contribution < 1.29 is 9.52 Å². The molecule has 0 unspecified atom stereocenters. The van der Waals surface area contributed by atoms with Crippen molar-refractivity contribution in [1.29, 1.82) is 0 Å². The number of aromatic nitrogens is 3. The highest BCUT2D eigenvalue weighted by Crippen LogP contribution is 2.21. The van der Waals surface area contributed by atoms with E-state index in [0.29, 0.717) is 22.7 Å². The Hall–Kier alpha value is -2.75. The molecule has 9 nitrogen and oxygen atoms in total. The van der Waals surface area contributed by atoms with Crippen molar-refractivity contribution in [2.75, 3.05) is 22.9 Å². The molecule has 0 saturated carbocycles. The predicted molar refractivity (Wildman–Crippen MR) is 114 cm³/mol. The Bertz CT molecular complexity index is 970. The third kappa shape index (κ3) is 5.63. The van der Waals surface area contributed by atoms with Gasteiger partial charge in [0.1, 0.15) is 5.82 Å². The summed E-state index contributed by atoms with van der Waals surface area (Å²) in [5, 5.41) is 12.2. The van der Waals surface area contributed by atoms with Gasteiger partial charge >= 0.3 is 5.69 Å². The number of nitrogens with one attached hydrogen (secondary N) is 1. The van der Waals surface area contributed by atoms with Crippen LogP contribution in [0.15, 0.2) is 39.0 Å². The minimum absolute atomic E-state index is 0.0210. The molecule has 0 bridgehead atoms. The molecule has 2 aromatic heterocycles. The van der Waals surface area contributed by atoms with Crippen molar-refractivity contribution in [3.63, 3.8) is 0 Å². The first-order valence-electron chi connectivity index (χ1n) is 9.50. The van der Waals surface area contributed by atoms with Gasteiger partial charge in [0.2, 0.25) is 5.91 Å². The lowest BCUT2D eigenvalue weighted by molar-refractivity contribution is -0.645. The van der Waals surface area contributed by atoms with Gasteiger partial charge < -0.3 is 15.8 Å². The van der Waals surface area contributed by atoms with E-state index in [4.69, 9.17) is 5.73 Å². The van der Waals surface area contributed by atoms with E-state index in [-0.39, 0.29) is 35.6 Å². The van der Waals surface area contributed by atoms with E-state index in [9.17, 15) is 19.6 Å². The molecule has 0 aliphatic carbocycles. The van der Waals surface area contributed by atoms with Crippen molar-refractivity contribution in [3.8, 4) is 0 Å². The largest absolute Gasteiger partial charge is 0.618 e.